The molecule has 0 fully saturated rings. The molecule has 2 aromatic heterocycles. The molecule has 0 atom stereocenters. The van der Waals surface area contributed by atoms with E-state index in [0.717, 1.165) is 6.07 Å². The highest BCUT2D eigenvalue weighted by Crippen LogP contribution is 2.36. The Morgan fingerprint density at radius 3 is 3.00 bits per heavy atom. The predicted molar refractivity (Wildman–Crippen MR) is 114 cm³/mol. The van der Waals surface area contributed by atoms with Gasteiger partial charge in [-0.1, -0.05) is 11.6 Å². The first-order valence-corrected chi connectivity index (χ1v) is 10.3. The van der Waals surface area contributed by atoms with E-state index in [1.54, 1.807) is 12.3 Å². The van der Waals surface area contributed by atoms with Crippen LogP contribution in [0.15, 0.2) is 40.8 Å². The van der Waals surface area contributed by atoms with Crippen molar-refractivity contribution in [3.05, 3.63) is 52.2 Å². The van der Waals surface area contributed by atoms with Gasteiger partial charge in [0.2, 0.25) is 0 Å². The second kappa shape index (κ2) is 8.86. The fraction of sp³-hybridized carbons (Fsp3) is 0.200. The summed E-state index contributed by atoms with van der Waals surface area (Å²) >= 11 is 7.36. The number of ketones is 1. The van der Waals surface area contributed by atoms with Gasteiger partial charge in [0, 0.05) is 23.7 Å². The van der Waals surface area contributed by atoms with Crippen LogP contribution in [0.1, 0.15) is 16.8 Å². The van der Waals surface area contributed by atoms with E-state index in [4.69, 9.17) is 21.4 Å². The molecule has 0 aliphatic carbocycles. The molecule has 0 spiro atoms. The standard InChI is InChI=1S/C20H16ClFN4O3S/c21-14-7-11(22)1-2-17(14)29-9-12-8-16(28)13-3-4-23-19(18(13)25-12)15-10-30-20(26-15)24-5-6-27/h1-4,7,10,27H,5-6,8-9H2,(H,24,26). The molecule has 2 N–H and O–H groups in total. The molecule has 10 heteroatoms. The number of aliphatic hydroxyl groups excluding tert-OH is 1. The molecule has 154 valence electrons. The molecule has 1 aliphatic rings. The molecule has 0 saturated heterocycles. The topological polar surface area (TPSA) is 96.7 Å². The van der Waals surface area contributed by atoms with Crippen LogP contribution in [0, 0.1) is 5.82 Å². The smallest absolute Gasteiger partial charge is 0.183 e. The number of aliphatic imine (C=N–C) groups is 1. The number of fused-ring (bicyclic) bond motifs is 1. The van der Waals surface area contributed by atoms with E-state index in [2.05, 4.69) is 20.3 Å². The summed E-state index contributed by atoms with van der Waals surface area (Å²) in [6, 6.07) is 5.47. The lowest BCUT2D eigenvalue weighted by Crippen LogP contribution is -2.20. The molecule has 0 radical (unpaired) electrons. The third kappa shape index (κ3) is 4.33. The van der Waals surface area contributed by atoms with E-state index in [-0.39, 0.29) is 30.4 Å². The van der Waals surface area contributed by atoms with Gasteiger partial charge in [-0.2, -0.15) is 0 Å². The van der Waals surface area contributed by atoms with Crippen molar-refractivity contribution in [1.82, 2.24) is 9.97 Å². The number of hydrogen-bond acceptors (Lipinski definition) is 8. The first-order valence-electron chi connectivity index (χ1n) is 9.02. The van der Waals surface area contributed by atoms with E-state index in [0.29, 0.717) is 45.8 Å². The lowest BCUT2D eigenvalue weighted by molar-refractivity contribution is 0.0998. The summed E-state index contributed by atoms with van der Waals surface area (Å²) in [5, 5.41) is 14.5. The van der Waals surface area contributed by atoms with E-state index in [1.165, 1.54) is 23.5 Å². The van der Waals surface area contributed by atoms with E-state index < -0.39 is 5.82 Å². The molecule has 3 aromatic rings. The van der Waals surface area contributed by atoms with Crippen molar-refractivity contribution in [3.8, 4) is 17.1 Å². The first kappa shape index (κ1) is 20.4. The zero-order valence-corrected chi connectivity index (χ0v) is 17.1. The van der Waals surface area contributed by atoms with Crippen LogP contribution in [0.3, 0.4) is 0 Å². The minimum atomic E-state index is -0.460. The molecule has 30 heavy (non-hydrogen) atoms. The van der Waals surface area contributed by atoms with Crippen LogP contribution in [-0.2, 0) is 0 Å². The number of aliphatic hydroxyl groups is 1. The monoisotopic (exact) mass is 446 g/mol. The quantitative estimate of drug-likeness (QED) is 0.566. The summed E-state index contributed by atoms with van der Waals surface area (Å²) in [7, 11) is 0. The fourth-order valence-corrected chi connectivity index (χ4v) is 3.87. The van der Waals surface area contributed by atoms with Crippen molar-refractivity contribution in [3.63, 3.8) is 0 Å². The molecular weight excluding hydrogens is 431 g/mol. The van der Waals surface area contributed by atoms with Crippen LogP contribution in [0.5, 0.6) is 5.75 Å². The number of aromatic nitrogens is 2. The first-order chi connectivity index (χ1) is 14.5. The summed E-state index contributed by atoms with van der Waals surface area (Å²) in [4.78, 5) is 26.1. The molecule has 0 bridgehead atoms. The van der Waals surface area contributed by atoms with E-state index in [1.807, 2.05) is 5.38 Å². The van der Waals surface area contributed by atoms with Gasteiger partial charge in [-0.15, -0.1) is 11.3 Å². The van der Waals surface area contributed by atoms with Gasteiger partial charge >= 0.3 is 0 Å². The van der Waals surface area contributed by atoms with Gasteiger partial charge in [0.15, 0.2) is 10.9 Å². The predicted octanol–water partition coefficient (Wildman–Crippen LogP) is 4.14. The Morgan fingerprint density at radius 2 is 2.20 bits per heavy atom. The van der Waals surface area contributed by atoms with Crippen LogP contribution in [0.4, 0.5) is 15.2 Å². The van der Waals surface area contributed by atoms with Gasteiger partial charge in [0.05, 0.1) is 23.8 Å². The number of thiazole rings is 1. The zero-order chi connectivity index (χ0) is 21.1. The third-order valence-electron chi connectivity index (χ3n) is 4.28. The number of carbonyl (C=O) groups is 1. The molecule has 1 aliphatic heterocycles. The lowest BCUT2D eigenvalue weighted by atomic mass is 9.99. The maximum absolute atomic E-state index is 13.2. The van der Waals surface area contributed by atoms with Crippen LogP contribution >= 0.6 is 22.9 Å². The number of hydrogen-bond donors (Lipinski definition) is 2. The number of benzene rings is 1. The van der Waals surface area contributed by atoms with Gasteiger partial charge in [0.1, 0.15) is 35.2 Å². The van der Waals surface area contributed by atoms with Gasteiger partial charge in [-0.3, -0.25) is 14.8 Å². The molecule has 3 heterocycles. The largest absolute Gasteiger partial charge is 0.486 e. The molecular formula is C20H16ClFN4O3S. The van der Waals surface area contributed by atoms with Crippen molar-refractivity contribution >= 4 is 45.3 Å². The zero-order valence-electron chi connectivity index (χ0n) is 15.6. The van der Waals surface area contributed by atoms with Crippen LogP contribution in [-0.4, -0.2) is 46.3 Å². The summed E-state index contributed by atoms with van der Waals surface area (Å²) < 4.78 is 18.8. The second-order valence-electron chi connectivity index (χ2n) is 6.39. The van der Waals surface area contributed by atoms with Gasteiger partial charge in [-0.25, -0.2) is 9.37 Å². The summed E-state index contributed by atoms with van der Waals surface area (Å²) in [6.45, 7) is 0.413. The molecule has 4 rings (SSSR count). The maximum atomic E-state index is 13.2. The average Bonchev–Trinajstić information content (AvgIpc) is 3.20. The van der Waals surface area contributed by atoms with Crippen LogP contribution < -0.4 is 10.1 Å². The van der Waals surface area contributed by atoms with Crippen molar-refractivity contribution in [1.29, 1.82) is 0 Å². The van der Waals surface area contributed by atoms with Gasteiger partial charge in [0.25, 0.3) is 0 Å². The number of nitrogens with one attached hydrogen (secondary N) is 1. The van der Waals surface area contributed by atoms with Crippen LogP contribution in [0.25, 0.3) is 11.4 Å². The van der Waals surface area contributed by atoms with Crippen molar-refractivity contribution in [2.45, 2.75) is 6.42 Å². The third-order valence-corrected chi connectivity index (χ3v) is 5.38. The average molecular weight is 447 g/mol. The molecule has 7 nitrogen and oxygen atoms in total. The lowest BCUT2D eigenvalue weighted by Gasteiger charge is -2.17. The normalized spacial score (nSPS) is 13.0. The number of rotatable bonds is 7. The highest BCUT2D eigenvalue weighted by atomic mass is 35.5. The summed E-state index contributed by atoms with van der Waals surface area (Å²) in [6.07, 6.45) is 1.66. The molecule has 0 unspecified atom stereocenters. The Morgan fingerprint density at radius 1 is 1.33 bits per heavy atom. The molecule has 0 saturated carbocycles. The maximum Gasteiger partial charge on any atom is 0.183 e. The Hall–Kier alpha value is -2.88. The Labute approximate surface area is 180 Å². The fourth-order valence-electron chi connectivity index (χ4n) is 2.92. The number of Topliss-reactive ketones (excluding diaryl/α,β-unsaturated/α-hetero) is 1. The molecule has 0 amide bonds. The number of pyridine rings is 1. The number of carbonyl (C=O) groups excluding carboxylic acids is 1. The Balaban J connectivity index is 1.61. The van der Waals surface area contributed by atoms with Gasteiger partial charge < -0.3 is 15.2 Å². The van der Waals surface area contributed by atoms with Crippen molar-refractivity contribution < 1.29 is 19.0 Å². The van der Waals surface area contributed by atoms with Crippen molar-refractivity contribution in [2.24, 2.45) is 4.99 Å². The SMILES string of the molecule is O=C1CC(COc2ccc(F)cc2Cl)=Nc2c1ccnc2-c1csc(NCCO)n1. The summed E-state index contributed by atoms with van der Waals surface area (Å²) in [5.74, 6) is -0.246. The van der Waals surface area contributed by atoms with E-state index >= 15 is 0 Å². The number of anilines is 1. The Bertz CT molecular complexity index is 1130. The highest BCUT2D eigenvalue weighted by Gasteiger charge is 2.25. The number of halogens is 2. The highest BCUT2D eigenvalue weighted by molar-refractivity contribution is 7.14. The number of nitrogens with zero attached hydrogens (tertiary/aromatic N) is 3. The van der Waals surface area contributed by atoms with Crippen molar-refractivity contribution in [2.75, 3.05) is 25.1 Å². The second-order valence-corrected chi connectivity index (χ2v) is 7.65. The van der Waals surface area contributed by atoms with Crippen LogP contribution in [0.2, 0.25) is 5.02 Å². The summed E-state index contributed by atoms with van der Waals surface area (Å²) in [5.41, 5.74) is 2.50. The minimum absolute atomic E-state index is 0.00583. The van der Waals surface area contributed by atoms with Gasteiger partial charge in [-0.05, 0) is 24.3 Å². The Kier molecular flexibility index (Phi) is 6.03. The molecule has 1 aromatic carbocycles. The number of ether oxygens (including phenoxy) is 1. The van der Waals surface area contributed by atoms with E-state index in [9.17, 15) is 9.18 Å². The minimum Gasteiger partial charge on any atom is -0.486 e.